The number of hydrogen-bond acceptors (Lipinski definition) is 5. The van der Waals surface area contributed by atoms with Gasteiger partial charge in [0.2, 0.25) is 11.8 Å². The third kappa shape index (κ3) is 4.12. The third-order valence-corrected chi connectivity index (χ3v) is 6.50. The summed E-state index contributed by atoms with van der Waals surface area (Å²) in [6.07, 6.45) is 1.12. The van der Waals surface area contributed by atoms with Crippen molar-refractivity contribution in [3.05, 3.63) is 42.2 Å². The van der Waals surface area contributed by atoms with E-state index >= 15 is 0 Å². The maximum Gasteiger partial charge on any atom is 0.231 e. The Morgan fingerprint density at radius 2 is 1.80 bits per heavy atom. The standard InChI is InChI=1S/C23H30N4O3/c1-3-25-11-13-26(14-12-25)22(29)23(9-10-27(17-23)18(2)28)16-20-15-21(24-30-20)19-7-5-4-6-8-19/h4-8,15H,3,9-14,16-17H2,1-2H3. The average molecular weight is 411 g/mol. The highest BCUT2D eigenvalue weighted by atomic mass is 16.5. The molecule has 0 radical (unpaired) electrons. The number of hydrogen-bond donors (Lipinski definition) is 0. The van der Waals surface area contributed by atoms with Crippen molar-refractivity contribution in [2.24, 2.45) is 5.41 Å². The highest BCUT2D eigenvalue weighted by Gasteiger charge is 2.48. The van der Waals surface area contributed by atoms with Gasteiger partial charge >= 0.3 is 0 Å². The number of carbonyl (C=O) groups excluding carboxylic acids is 2. The lowest BCUT2D eigenvalue weighted by molar-refractivity contribution is -0.144. The second kappa shape index (κ2) is 8.60. The molecule has 0 bridgehead atoms. The number of piperazine rings is 1. The fourth-order valence-electron chi connectivity index (χ4n) is 4.61. The van der Waals surface area contributed by atoms with Crippen LogP contribution < -0.4 is 0 Å². The molecule has 160 valence electrons. The van der Waals surface area contributed by atoms with Gasteiger partial charge in [0.25, 0.3) is 0 Å². The molecule has 1 atom stereocenters. The quantitative estimate of drug-likeness (QED) is 0.756. The first-order valence-electron chi connectivity index (χ1n) is 10.8. The molecule has 2 fully saturated rings. The van der Waals surface area contributed by atoms with Crippen LogP contribution in [0, 0.1) is 5.41 Å². The van der Waals surface area contributed by atoms with Crippen LogP contribution in [-0.4, -0.2) is 77.5 Å². The molecular formula is C23H30N4O3. The van der Waals surface area contributed by atoms with E-state index in [0.29, 0.717) is 31.7 Å². The fraction of sp³-hybridized carbons (Fsp3) is 0.522. The second-order valence-corrected chi connectivity index (χ2v) is 8.42. The van der Waals surface area contributed by atoms with Crippen molar-refractivity contribution in [2.75, 3.05) is 45.8 Å². The number of likely N-dealkylation sites (tertiary alicyclic amines) is 1. The molecule has 7 nitrogen and oxygen atoms in total. The van der Waals surface area contributed by atoms with Gasteiger partial charge in [-0.25, -0.2) is 0 Å². The Kier molecular flexibility index (Phi) is 5.90. The van der Waals surface area contributed by atoms with Gasteiger partial charge < -0.3 is 19.2 Å². The number of aromatic nitrogens is 1. The van der Waals surface area contributed by atoms with Crippen molar-refractivity contribution in [1.82, 2.24) is 19.9 Å². The van der Waals surface area contributed by atoms with Crippen molar-refractivity contribution in [3.8, 4) is 11.3 Å². The number of likely N-dealkylation sites (N-methyl/N-ethyl adjacent to an activating group) is 1. The van der Waals surface area contributed by atoms with Gasteiger partial charge in [-0.15, -0.1) is 0 Å². The lowest BCUT2D eigenvalue weighted by Gasteiger charge is -2.39. The first-order valence-corrected chi connectivity index (χ1v) is 10.8. The van der Waals surface area contributed by atoms with Gasteiger partial charge in [0.15, 0.2) is 0 Å². The Hall–Kier alpha value is -2.67. The number of rotatable bonds is 5. The fourth-order valence-corrected chi connectivity index (χ4v) is 4.61. The summed E-state index contributed by atoms with van der Waals surface area (Å²) in [5.41, 5.74) is 1.11. The van der Waals surface area contributed by atoms with E-state index in [9.17, 15) is 9.59 Å². The number of nitrogens with zero attached hydrogens (tertiary/aromatic N) is 4. The average Bonchev–Trinajstić information content (AvgIpc) is 3.42. The monoisotopic (exact) mass is 410 g/mol. The van der Waals surface area contributed by atoms with Gasteiger partial charge in [-0.3, -0.25) is 9.59 Å². The summed E-state index contributed by atoms with van der Waals surface area (Å²) >= 11 is 0. The van der Waals surface area contributed by atoms with E-state index in [2.05, 4.69) is 17.0 Å². The molecule has 0 aliphatic carbocycles. The van der Waals surface area contributed by atoms with E-state index in [0.717, 1.165) is 44.0 Å². The lowest BCUT2D eigenvalue weighted by atomic mass is 9.80. The zero-order valence-electron chi connectivity index (χ0n) is 17.8. The van der Waals surface area contributed by atoms with Gasteiger partial charge in [-0.1, -0.05) is 42.4 Å². The molecule has 0 spiro atoms. The van der Waals surface area contributed by atoms with Crippen LogP contribution in [0.3, 0.4) is 0 Å². The molecule has 7 heteroatoms. The first kappa shape index (κ1) is 20.6. The van der Waals surface area contributed by atoms with Crippen molar-refractivity contribution in [1.29, 1.82) is 0 Å². The van der Waals surface area contributed by atoms with E-state index in [4.69, 9.17) is 4.52 Å². The molecule has 1 unspecified atom stereocenters. The zero-order valence-corrected chi connectivity index (χ0v) is 17.8. The molecule has 1 aromatic carbocycles. The predicted molar refractivity (Wildman–Crippen MR) is 114 cm³/mol. The molecule has 1 aromatic heterocycles. The summed E-state index contributed by atoms with van der Waals surface area (Å²) in [6, 6.07) is 11.8. The van der Waals surface area contributed by atoms with E-state index in [-0.39, 0.29) is 11.8 Å². The number of amides is 2. The molecule has 4 rings (SSSR count). The van der Waals surface area contributed by atoms with E-state index < -0.39 is 5.41 Å². The number of carbonyl (C=O) groups is 2. The van der Waals surface area contributed by atoms with Gasteiger partial charge in [0, 0.05) is 64.2 Å². The highest BCUT2D eigenvalue weighted by Crippen LogP contribution is 2.37. The van der Waals surface area contributed by atoms with Gasteiger partial charge in [-0.2, -0.15) is 0 Å². The van der Waals surface area contributed by atoms with Crippen LogP contribution in [0.1, 0.15) is 26.0 Å². The summed E-state index contributed by atoms with van der Waals surface area (Å²) < 4.78 is 5.64. The van der Waals surface area contributed by atoms with Crippen molar-refractivity contribution in [3.63, 3.8) is 0 Å². The summed E-state index contributed by atoms with van der Waals surface area (Å²) in [5, 5.41) is 4.22. The van der Waals surface area contributed by atoms with Gasteiger partial charge in [0.1, 0.15) is 11.5 Å². The molecule has 2 aliphatic rings. The van der Waals surface area contributed by atoms with Crippen molar-refractivity contribution < 1.29 is 14.1 Å². The van der Waals surface area contributed by atoms with Crippen LogP contribution >= 0.6 is 0 Å². The first-order chi connectivity index (χ1) is 14.5. The molecule has 0 saturated carbocycles. The molecule has 2 amide bonds. The Morgan fingerprint density at radius 3 is 2.43 bits per heavy atom. The SMILES string of the molecule is CCN1CCN(C(=O)C2(Cc3cc(-c4ccccc4)no3)CCN(C(C)=O)C2)CC1. The normalized spacial score (nSPS) is 22.5. The molecule has 2 saturated heterocycles. The minimum absolute atomic E-state index is 0.0167. The van der Waals surface area contributed by atoms with Crippen LogP contribution in [0.15, 0.2) is 40.9 Å². The lowest BCUT2D eigenvalue weighted by Crippen LogP contribution is -2.54. The topological polar surface area (TPSA) is 69.9 Å². The largest absolute Gasteiger partial charge is 0.361 e. The summed E-state index contributed by atoms with van der Waals surface area (Å²) in [7, 11) is 0. The van der Waals surface area contributed by atoms with E-state index in [1.807, 2.05) is 41.3 Å². The molecular weight excluding hydrogens is 380 g/mol. The second-order valence-electron chi connectivity index (χ2n) is 8.42. The smallest absolute Gasteiger partial charge is 0.231 e. The minimum Gasteiger partial charge on any atom is -0.361 e. The maximum atomic E-state index is 13.7. The van der Waals surface area contributed by atoms with E-state index in [1.165, 1.54) is 0 Å². The summed E-state index contributed by atoms with van der Waals surface area (Å²) in [5.74, 6) is 0.850. The van der Waals surface area contributed by atoms with Crippen molar-refractivity contribution in [2.45, 2.75) is 26.7 Å². The Labute approximate surface area is 177 Å². The minimum atomic E-state index is -0.645. The van der Waals surface area contributed by atoms with Crippen LogP contribution in [0.25, 0.3) is 11.3 Å². The molecule has 0 N–H and O–H groups in total. The van der Waals surface area contributed by atoms with Crippen molar-refractivity contribution >= 4 is 11.8 Å². The zero-order chi connectivity index (χ0) is 21.1. The van der Waals surface area contributed by atoms with Gasteiger partial charge in [0.05, 0.1) is 5.41 Å². The summed E-state index contributed by atoms with van der Waals surface area (Å²) in [4.78, 5) is 31.8. The Morgan fingerprint density at radius 1 is 1.07 bits per heavy atom. The Bertz CT molecular complexity index is 889. The maximum absolute atomic E-state index is 13.7. The van der Waals surface area contributed by atoms with Gasteiger partial charge in [-0.05, 0) is 13.0 Å². The van der Waals surface area contributed by atoms with Crippen LogP contribution in [0.4, 0.5) is 0 Å². The van der Waals surface area contributed by atoms with Crippen LogP contribution in [-0.2, 0) is 16.0 Å². The summed E-state index contributed by atoms with van der Waals surface area (Å²) in [6.45, 7) is 9.04. The molecule has 30 heavy (non-hydrogen) atoms. The predicted octanol–water partition coefficient (Wildman–Crippen LogP) is 2.29. The molecule has 3 heterocycles. The van der Waals surface area contributed by atoms with Crippen LogP contribution in [0.5, 0.6) is 0 Å². The highest BCUT2D eigenvalue weighted by molar-refractivity contribution is 5.85. The van der Waals surface area contributed by atoms with Crippen LogP contribution in [0.2, 0.25) is 0 Å². The molecule has 2 aromatic rings. The van der Waals surface area contributed by atoms with E-state index in [1.54, 1.807) is 11.8 Å². The molecule has 2 aliphatic heterocycles. The number of benzene rings is 1. The Balaban J connectivity index is 1.55. The third-order valence-electron chi connectivity index (χ3n) is 6.50.